The standard InChI is InChI=1S/C19H23NO3S/c1-14-10-11-15(2)17(12-14)13-24(22,23)16(3)19(21)20(4)18-8-6-5-7-9-18/h5-12,16H,13H2,1-4H3/t16-/m0/s1. The average Bonchev–Trinajstić information content (AvgIpc) is 2.56. The van der Waals surface area contributed by atoms with Crippen molar-refractivity contribution in [3.63, 3.8) is 0 Å². The molecule has 0 aliphatic carbocycles. The topological polar surface area (TPSA) is 54.5 Å². The van der Waals surface area contributed by atoms with Crippen LogP contribution in [0.5, 0.6) is 0 Å². The van der Waals surface area contributed by atoms with Crippen molar-refractivity contribution in [2.45, 2.75) is 31.8 Å². The molecule has 0 radical (unpaired) electrons. The highest BCUT2D eigenvalue weighted by atomic mass is 32.2. The number of sulfone groups is 1. The third-order valence-electron chi connectivity index (χ3n) is 4.22. The van der Waals surface area contributed by atoms with Gasteiger partial charge in [0.05, 0.1) is 5.75 Å². The predicted molar refractivity (Wildman–Crippen MR) is 97.9 cm³/mol. The maximum absolute atomic E-state index is 12.7. The van der Waals surface area contributed by atoms with E-state index in [2.05, 4.69) is 0 Å². The second-order valence-corrected chi connectivity index (χ2v) is 8.43. The van der Waals surface area contributed by atoms with Crippen molar-refractivity contribution < 1.29 is 13.2 Å². The number of rotatable bonds is 5. The number of carbonyl (C=O) groups is 1. The van der Waals surface area contributed by atoms with E-state index in [-0.39, 0.29) is 5.75 Å². The molecule has 0 saturated carbocycles. The molecular formula is C19H23NO3S. The van der Waals surface area contributed by atoms with Crippen LogP contribution in [0.4, 0.5) is 5.69 Å². The first-order valence-corrected chi connectivity index (χ1v) is 9.54. The summed E-state index contributed by atoms with van der Waals surface area (Å²) < 4.78 is 25.4. The van der Waals surface area contributed by atoms with E-state index in [9.17, 15) is 13.2 Å². The van der Waals surface area contributed by atoms with E-state index in [0.29, 0.717) is 5.69 Å². The number of hydrogen-bond acceptors (Lipinski definition) is 3. The lowest BCUT2D eigenvalue weighted by Crippen LogP contribution is -2.39. The summed E-state index contributed by atoms with van der Waals surface area (Å²) in [5.74, 6) is -0.553. The number of hydrogen-bond donors (Lipinski definition) is 0. The number of nitrogens with zero attached hydrogens (tertiary/aromatic N) is 1. The average molecular weight is 345 g/mol. The molecule has 0 aliphatic rings. The minimum Gasteiger partial charge on any atom is -0.314 e. The van der Waals surface area contributed by atoms with Crippen molar-refractivity contribution in [3.8, 4) is 0 Å². The summed E-state index contributed by atoms with van der Waals surface area (Å²) >= 11 is 0. The number of para-hydroxylation sites is 1. The molecule has 2 aromatic rings. The van der Waals surface area contributed by atoms with Gasteiger partial charge in [-0.25, -0.2) is 8.42 Å². The Balaban J connectivity index is 2.22. The Kier molecular flexibility index (Phi) is 5.44. The van der Waals surface area contributed by atoms with E-state index in [1.807, 2.05) is 50.2 Å². The van der Waals surface area contributed by atoms with E-state index in [0.717, 1.165) is 16.7 Å². The highest BCUT2D eigenvalue weighted by Crippen LogP contribution is 2.20. The fraction of sp³-hybridized carbons (Fsp3) is 0.316. The van der Waals surface area contributed by atoms with E-state index in [4.69, 9.17) is 0 Å². The van der Waals surface area contributed by atoms with E-state index >= 15 is 0 Å². The quantitative estimate of drug-likeness (QED) is 0.836. The van der Waals surface area contributed by atoms with Gasteiger partial charge in [0.1, 0.15) is 5.25 Å². The van der Waals surface area contributed by atoms with Gasteiger partial charge in [0, 0.05) is 12.7 Å². The zero-order valence-electron chi connectivity index (χ0n) is 14.5. The summed E-state index contributed by atoms with van der Waals surface area (Å²) in [5.41, 5.74) is 3.35. The third-order valence-corrected chi connectivity index (χ3v) is 6.21. The van der Waals surface area contributed by atoms with Crippen LogP contribution in [0.15, 0.2) is 48.5 Å². The Morgan fingerprint density at radius 1 is 1.08 bits per heavy atom. The maximum atomic E-state index is 12.7. The molecule has 0 unspecified atom stereocenters. The van der Waals surface area contributed by atoms with Crippen molar-refractivity contribution in [3.05, 3.63) is 65.2 Å². The summed E-state index contributed by atoms with van der Waals surface area (Å²) in [6.45, 7) is 5.27. The Hall–Kier alpha value is -2.14. The van der Waals surface area contributed by atoms with Gasteiger partial charge in [-0.1, -0.05) is 42.0 Å². The molecule has 0 aromatic heterocycles. The molecule has 0 aliphatic heterocycles. The normalized spacial score (nSPS) is 12.7. The first-order valence-electron chi connectivity index (χ1n) is 7.82. The first-order chi connectivity index (χ1) is 11.2. The van der Waals surface area contributed by atoms with Gasteiger partial charge < -0.3 is 4.90 Å². The Morgan fingerprint density at radius 3 is 2.33 bits per heavy atom. The van der Waals surface area contributed by atoms with Crippen molar-refractivity contribution >= 4 is 21.4 Å². The molecule has 0 fully saturated rings. The molecule has 4 nitrogen and oxygen atoms in total. The molecule has 1 amide bonds. The van der Waals surface area contributed by atoms with Crippen LogP contribution in [0.1, 0.15) is 23.6 Å². The lowest BCUT2D eigenvalue weighted by Gasteiger charge is -2.22. The van der Waals surface area contributed by atoms with Gasteiger partial charge in [-0.2, -0.15) is 0 Å². The van der Waals surface area contributed by atoms with Gasteiger partial charge in [0.2, 0.25) is 5.91 Å². The Labute approximate surface area is 144 Å². The molecular weight excluding hydrogens is 322 g/mol. The van der Waals surface area contributed by atoms with Crippen molar-refractivity contribution in [1.82, 2.24) is 0 Å². The molecule has 0 spiro atoms. The molecule has 1 atom stereocenters. The summed E-state index contributed by atoms with van der Waals surface area (Å²) in [5, 5.41) is -1.09. The smallest absolute Gasteiger partial charge is 0.244 e. The third kappa shape index (κ3) is 4.03. The van der Waals surface area contributed by atoms with Crippen LogP contribution in [-0.4, -0.2) is 26.6 Å². The zero-order valence-corrected chi connectivity index (χ0v) is 15.3. The summed E-state index contributed by atoms with van der Waals surface area (Å²) in [6, 6.07) is 14.8. The van der Waals surface area contributed by atoms with Crippen molar-refractivity contribution in [2.75, 3.05) is 11.9 Å². The molecule has 128 valence electrons. The Morgan fingerprint density at radius 2 is 1.71 bits per heavy atom. The fourth-order valence-electron chi connectivity index (χ4n) is 2.50. The molecule has 0 bridgehead atoms. The van der Waals surface area contributed by atoms with Crippen molar-refractivity contribution in [1.29, 1.82) is 0 Å². The highest BCUT2D eigenvalue weighted by Gasteiger charge is 2.31. The second kappa shape index (κ2) is 7.18. The lowest BCUT2D eigenvalue weighted by molar-refractivity contribution is -0.117. The van der Waals surface area contributed by atoms with Gasteiger partial charge in [-0.15, -0.1) is 0 Å². The van der Waals surface area contributed by atoms with Crippen LogP contribution in [0.25, 0.3) is 0 Å². The lowest BCUT2D eigenvalue weighted by atomic mass is 10.1. The monoisotopic (exact) mass is 345 g/mol. The first kappa shape index (κ1) is 18.2. The number of amides is 1. The molecule has 2 aromatic carbocycles. The van der Waals surface area contributed by atoms with E-state index in [1.54, 1.807) is 19.2 Å². The van der Waals surface area contributed by atoms with Crippen LogP contribution in [0, 0.1) is 13.8 Å². The minimum atomic E-state index is -3.60. The molecule has 2 rings (SSSR count). The van der Waals surface area contributed by atoms with E-state index in [1.165, 1.54) is 11.8 Å². The van der Waals surface area contributed by atoms with Crippen LogP contribution >= 0.6 is 0 Å². The van der Waals surface area contributed by atoms with Gasteiger partial charge in [-0.05, 0) is 44.0 Å². The van der Waals surface area contributed by atoms with Crippen LogP contribution in [0.3, 0.4) is 0 Å². The predicted octanol–water partition coefficient (Wildman–Crippen LogP) is 3.27. The number of benzene rings is 2. The van der Waals surface area contributed by atoms with Crippen LogP contribution in [-0.2, 0) is 20.4 Å². The Bertz CT molecular complexity index is 829. The largest absolute Gasteiger partial charge is 0.314 e. The maximum Gasteiger partial charge on any atom is 0.244 e. The minimum absolute atomic E-state index is 0.129. The number of carbonyl (C=O) groups excluding carboxylic acids is 1. The van der Waals surface area contributed by atoms with Gasteiger partial charge in [-0.3, -0.25) is 4.79 Å². The molecule has 0 N–H and O–H groups in total. The van der Waals surface area contributed by atoms with E-state index < -0.39 is 21.0 Å². The van der Waals surface area contributed by atoms with Crippen LogP contribution in [0.2, 0.25) is 0 Å². The highest BCUT2D eigenvalue weighted by molar-refractivity contribution is 7.92. The fourth-order valence-corrected chi connectivity index (χ4v) is 3.96. The summed E-state index contributed by atoms with van der Waals surface area (Å²) in [7, 11) is -2.00. The second-order valence-electron chi connectivity index (χ2n) is 6.11. The van der Waals surface area contributed by atoms with Crippen molar-refractivity contribution in [2.24, 2.45) is 0 Å². The molecule has 24 heavy (non-hydrogen) atoms. The molecule has 5 heteroatoms. The zero-order chi connectivity index (χ0) is 17.9. The SMILES string of the molecule is Cc1ccc(C)c(CS(=O)(=O)[C@@H](C)C(=O)N(C)c2ccccc2)c1. The molecule has 0 saturated heterocycles. The number of aryl methyl sites for hydroxylation is 2. The number of anilines is 1. The van der Waals surface area contributed by atoms with Crippen LogP contribution < -0.4 is 4.90 Å². The van der Waals surface area contributed by atoms with Gasteiger partial charge >= 0.3 is 0 Å². The summed E-state index contributed by atoms with van der Waals surface area (Å²) in [4.78, 5) is 14.0. The molecule has 0 heterocycles. The van der Waals surface area contributed by atoms with Gasteiger partial charge in [0.15, 0.2) is 9.84 Å². The summed E-state index contributed by atoms with van der Waals surface area (Å²) in [6.07, 6.45) is 0. The van der Waals surface area contributed by atoms with Gasteiger partial charge in [0.25, 0.3) is 0 Å².